The van der Waals surface area contributed by atoms with E-state index in [-0.39, 0.29) is 5.54 Å². The molecule has 2 N–H and O–H groups in total. The van der Waals surface area contributed by atoms with Gasteiger partial charge < -0.3 is 5.73 Å². The van der Waals surface area contributed by atoms with E-state index >= 15 is 0 Å². The molecule has 0 saturated heterocycles. The summed E-state index contributed by atoms with van der Waals surface area (Å²) >= 11 is 7.73. The molecule has 3 rings (SSSR count). The average Bonchev–Trinajstić information content (AvgIpc) is 2.88. The van der Waals surface area contributed by atoms with Crippen LogP contribution in [0.5, 0.6) is 0 Å². The molecule has 1 saturated carbocycles. The maximum absolute atomic E-state index is 6.61. The van der Waals surface area contributed by atoms with Crippen LogP contribution in [0.4, 0.5) is 0 Å². The fourth-order valence-electron chi connectivity index (χ4n) is 3.07. The van der Waals surface area contributed by atoms with E-state index in [1.165, 1.54) is 12.8 Å². The van der Waals surface area contributed by atoms with Gasteiger partial charge in [-0.25, -0.2) is 4.98 Å². The van der Waals surface area contributed by atoms with Crippen LogP contribution in [-0.2, 0) is 5.54 Å². The van der Waals surface area contributed by atoms with E-state index in [0.29, 0.717) is 5.92 Å². The second-order valence-corrected chi connectivity index (χ2v) is 7.20. The topological polar surface area (TPSA) is 38.9 Å². The highest BCUT2D eigenvalue weighted by atomic mass is 35.5. The lowest BCUT2D eigenvalue weighted by molar-refractivity contribution is 0.238. The van der Waals surface area contributed by atoms with E-state index in [1.807, 2.05) is 24.3 Å². The number of halogens is 1. The van der Waals surface area contributed by atoms with Crippen LogP contribution < -0.4 is 5.73 Å². The van der Waals surface area contributed by atoms with Crippen LogP contribution in [0.3, 0.4) is 0 Å². The van der Waals surface area contributed by atoms with E-state index in [2.05, 4.69) is 12.3 Å². The first-order valence-electron chi connectivity index (χ1n) is 7.08. The molecule has 1 fully saturated rings. The molecule has 0 radical (unpaired) electrons. The zero-order valence-electron chi connectivity index (χ0n) is 11.6. The van der Waals surface area contributed by atoms with Crippen molar-refractivity contribution in [3.05, 3.63) is 39.7 Å². The first-order chi connectivity index (χ1) is 9.57. The first-order valence-corrected chi connectivity index (χ1v) is 8.33. The maximum Gasteiger partial charge on any atom is 0.113 e. The largest absolute Gasteiger partial charge is 0.319 e. The zero-order valence-corrected chi connectivity index (χ0v) is 13.2. The first kappa shape index (κ1) is 14.1. The predicted molar refractivity (Wildman–Crippen MR) is 86.1 cm³/mol. The molecule has 4 heteroatoms. The van der Waals surface area contributed by atoms with Gasteiger partial charge in [0.1, 0.15) is 5.01 Å². The van der Waals surface area contributed by atoms with Crippen LogP contribution in [0.15, 0.2) is 29.6 Å². The summed E-state index contributed by atoms with van der Waals surface area (Å²) in [4.78, 5) is 4.79. The van der Waals surface area contributed by atoms with Gasteiger partial charge in [0.05, 0.1) is 11.2 Å². The van der Waals surface area contributed by atoms with Gasteiger partial charge >= 0.3 is 0 Å². The summed E-state index contributed by atoms with van der Waals surface area (Å²) in [5, 5.41) is 3.90. The van der Waals surface area contributed by atoms with Gasteiger partial charge in [-0.15, -0.1) is 11.3 Å². The number of benzene rings is 1. The fourth-order valence-corrected chi connectivity index (χ4v) is 4.24. The molecule has 0 aliphatic heterocycles. The minimum atomic E-state index is -0.237. The molecule has 106 valence electrons. The maximum atomic E-state index is 6.61. The Bertz CT molecular complexity index is 610. The fraction of sp³-hybridized carbons (Fsp3) is 0.438. The summed E-state index contributed by atoms with van der Waals surface area (Å²) in [6, 6.07) is 7.83. The van der Waals surface area contributed by atoms with Crippen molar-refractivity contribution in [2.45, 2.75) is 38.1 Å². The average molecular weight is 307 g/mol. The van der Waals surface area contributed by atoms with Crippen LogP contribution in [-0.4, -0.2) is 4.98 Å². The van der Waals surface area contributed by atoms with E-state index in [9.17, 15) is 0 Å². The number of hydrogen-bond acceptors (Lipinski definition) is 3. The highest BCUT2D eigenvalue weighted by Gasteiger charge is 2.35. The number of aromatic nitrogens is 1. The third kappa shape index (κ3) is 2.76. The molecule has 1 aromatic carbocycles. The molecule has 2 unspecified atom stereocenters. The smallest absolute Gasteiger partial charge is 0.113 e. The van der Waals surface area contributed by atoms with E-state index in [0.717, 1.165) is 34.1 Å². The zero-order chi connectivity index (χ0) is 14.2. The van der Waals surface area contributed by atoms with E-state index in [1.54, 1.807) is 11.3 Å². The van der Waals surface area contributed by atoms with Gasteiger partial charge in [-0.1, -0.05) is 43.5 Å². The summed E-state index contributed by atoms with van der Waals surface area (Å²) in [7, 11) is 0. The van der Waals surface area contributed by atoms with E-state index < -0.39 is 0 Å². The molecule has 1 heterocycles. The molecule has 1 aromatic heterocycles. The van der Waals surface area contributed by atoms with Crippen molar-refractivity contribution in [2.24, 2.45) is 11.7 Å². The summed E-state index contributed by atoms with van der Waals surface area (Å²) in [6.07, 6.45) is 4.56. The van der Waals surface area contributed by atoms with Gasteiger partial charge in [-0.05, 0) is 30.9 Å². The van der Waals surface area contributed by atoms with Gasteiger partial charge in [0.25, 0.3) is 0 Å². The SMILES string of the molecule is CC1CCCC(N)(c2nc(-c3cccc(Cl)c3)cs2)C1. The van der Waals surface area contributed by atoms with Gasteiger partial charge in [-0.2, -0.15) is 0 Å². The molecular weight excluding hydrogens is 288 g/mol. The van der Waals surface area contributed by atoms with Gasteiger partial charge in [-0.3, -0.25) is 0 Å². The number of nitrogens with zero attached hydrogens (tertiary/aromatic N) is 1. The second-order valence-electron chi connectivity index (χ2n) is 5.91. The second kappa shape index (κ2) is 5.47. The minimum absolute atomic E-state index is 0.237. The molecule has 2 aromatic rings. The van der Waals surface area contributed by atoms with Crippen molar-refractivity contribution in [3.8, 4) is 11.3 Å². The van der Waals surface area contributed by atoms with Crippen LogP contribution in [0.25, 0.3) is 11.3 Å². The number of nitrogens with two attached hydrogens (primary N) is 1. The van der Waals surface area contributed by atoms with Crippen LogP contribution in [0.2, 0.25) is 5.02 Å². The van der Waals surface area contributed by atoms with Crippen molar-refractivity contribution < 1.29 is 0 Å². The molecule has 0 amide bonds. The summed E-state index contributed by atoms with van der Waals surface area (Å²) in [6.45, 7) is 2.28. The highest BCUT2D eigenvalue weighted by molar-refractivity contribution is 7.10. The molecule has 20 heavy (non-hydrogen) atoms. The number of thiazole rings is 1. The van der Waals surface area contributed by atoms with Crippen LogP contribution in [0, 0.1) is 5.92 Å². The Balaban J connectivity index is 1.90. The van der Waals surface area contributed by atoms with Gasteiger partial charge in [0.15, 0.2) is 0 Å². The van der Waals surface area contributed by atoms with Gasteiger partial charge in [0.2, 0.25) is 0 Å². The number of rotatable bonds is 2. The van der Waals surface area contributed by atoms with Crippen molar-refractivity contribution in [1.29, 1.82) is 0 Å². The quantitative estimate of drug-likeness (QED) is 0.863. The Morgan fingerprint density at radius 1 is 1.45 bits per heavy atom. The third-order valence-electron chi connectivity index (χ3n) is 4.08. The van der Waals surface area contributed by atoms with Crippen LogP contribution in [0.1, 0.15) is 37.6 Å². The van der Waals surface area contributed by atoms with Crippen molar-refractivity contribution >= 4 is 22.9 Å². The predicted octanol–water partition coefficient (Wildman–Crippen LogP) is 4.83. The molecular formula is C16H19ClN2S. The summed E-state index contributed by atoms with van der Waals surface area (Å²) < 4.78 is 0. The normalized spacial score (nSPS) is 26.6. The van der Waals surface area contributed by atoms with Gasteiger partial charge in [0, 0.05) is 16.0 Å². The lowest BCUT2D eigenvalue weighted by Crippen LogP contribution is -2.40. The molecule has 1 aliphatic carbocycles. The molecule has 1 aliphatic rings. The Labute approximate surface area is 129 Å². The third-order valence-corrected chi connectivity index (χ3v) is 5.38. The highest BCUT2D eigenvalue weighted by Crippen LogP contribution is 2.40. The minimum Gasteiger partial charge on any atom is -0.319 e. The molecule has 0 bridgehead atoms. The van der Waals surface area contributed by atoms with Crippen LogP contribution >= 0.6 is 22.9 Å². The lowest BCUT2D eigenvalue weighted by Gasteiger charge is -2.35. The van der Waals surface area contributed by atoms with Crippen molar-refractivity contribution in [3.63, 3.8) is 0 Å². The Hall–Kier alpha value is -0.900. The Morgan fingerprint density at radius 2 is 2.30 bits per heavy atom. The summed E-state index contributed by atoms with van der Waals surface area (Å²) in [5.74, 6) is 0.687. The van der Waals surface area contributed by atoms with Crippen molar-refractivity contribution in [2.75, 3.05) is 0 Å². The Kier molecular flexibility index (Phi) is 3.85. The lowest BCUT2D eigenvalue weighted by atomic mass is 9.77. The Morgan fingerprint density at radius 3 is 3.05 bits per heavy atom. The molecule has 2 atom stereocenters. The standard InChI is InChI=1S/C16H19ClN2S/c1-11-4-3-7-16(18,9-11)15-19-14(10-20-15)12-5-2-6-13(17)8-12/h2,5-6,8,10-11H,3-4,7,9,18H2,1H3. The monoisotopic (exact) mass is 306 g/mol. The molecule has 2 nitrogen and oxygen atoms in total. The van der Waals surface area contributed by atoms with Crippen molar-refractivity contribution in [1.82, 2.24) is 4.98 Å². The number of hydrogen-bond donors (Lipinski definition) is 1. The molecule has 0 spiro atoms. The summed E-state index contributed by atoms with van der Waals surface area (Å²) in [5.41, 5.74) is 8.42. The van der Waals surface area contributed by atoms with E-state index in [4.69, 9.17) is 22.3 Å².